The van der Waals surface area contributed by atoms with Crippen molar-refractivity contribution in [2.24, 2.45) is 10.9 Å². The molecule has 1 atom stereocenters. The van der Waals surface area contributed by atoms with E-state index in [4.69, 9.17) is 0 Å². The van der Waals surface area contributed by atoms with Gasteiger partial charge in [-0.2, -0.15) is 0 Å². The normalized spacial score (nSPS) is 12.1. The Hall–Kier alpha value is -1.89. The molecule has 0 bridgehead atoms. The zero-order chi connectivity index (χ0) is 15.1. The van der Waals surface area contributed by atoms with Crippen LogP contribution < -0.4 is 0 Å². The molecule has 0 N–H and O–H groups in total. The van der Waals surface area contributed by atoms with Gasteiger partial charge in [-0.1, -0.05) is 62.7 Å². The third-order valence-corrected chi connectivity index (χ3v) is 4.15. The Kier molecular flexibility index (Phi) is 5.74. The zero-order valence-corrected chi connectivity index (χ0v) is 13.2. The number of aliphatic imine (C=N–C) groups is 1. The van der Waals surface area contributed by atoms with Gasteiger partial charge in [-0.3, -0.25) is 4.99 Å². The van der Waals surface area contributed by atoms with E-state index in [0.717, 1.165) is 24.4 Å². The van der Waals surface area contributed by atoms with Crippen LogP contribution in [-0.4, -0.2) is 6.72 Å². The standard InChI is InChI=1S/C20H25N/c1-4-16(2)15-18-11-9-17(10-12-18)13-14-19-7-5-6-8-20(19)21-3/h5-12,16H,3-4,13-15H2,1-2H3. The third kappa shape index (κ3) is 4.56. The Balaban J connectivity index is 1.96. The molecule has 1 nitrogen and oxygen atoms in total. The number of benzene rings is 2. The zero-order valence-electron chi connectivity index (χ0n) is 13.2. The molecule has 2 rings (SSSR count). The molecule has 0 heterocycles. The van der Waals surface area contributed by atoms with Gasteiger partial charge < -0.3 is 0 Å². The van der Waals surface area contributed by atoms with Gasteiger partial charge in [0.25, 0.3) is 0 Å². The summed E-state index contributed by atoms with van der Waals surface area (Å²) in [5.74, 6) is 0.765. The second kappa shape index (κ2) is 7.78. The minimum Gasteiger partial charge on any atom is -0.264 e. The van der Waals surface area contributed by atoms with Crippen molar-refractivity contribution in [2.45, 2.75) is 39.5 Å². The fraction of sp³-hybridized carbons (Fsp3) is 0.350. The predicted octanol–water partition coefficient (Wildman–Crippen LogP) is 5.39. The molecule has 1 unspecified atom stereocenters. The van der Waals surface area contributed by atoms with E-state index in [-0.39, 0.29) is 0 Å². The van der Waals surface area contributed by atoms with Crippen LogP contribution >= 0.6 is 0 Å². The van der Waals surface area contributed by atoms with Crippen LogP contribution in [0.2, 0.25) is 0 Å². The average Bonchev–Trinajstić information content (AvgIpc) is 2.54. The molecule has 0 fully saturated rings. The number of para-hydroxylation sites is 1. The van der Waals surface area contributed by atoms with Crippen molar-refractivity contribution in [2.75, 3.05) is 0 Å². The second-order valence-corrected chi connectivity index (χ2v) is 5.82. The highest BCUT2D eigenvalue weighted by Crippen LogP contribution is 2.20. The van der Waals surface area contributed by atoms with Gasteiger partial charge in [0.15, 0.2) is 0 Å². The van der Waals surface area contributed by atoms with E-state index in [9.17, 15) is 0 Å². The van der Waals surface area contributed by atoms with Gasteiger partial charge in [0.05, 0.1) is 5.69 Å². The summed E-state index contributed by atoms with van der Waals surface area (Å²) < 4.78 is 0. The highest BCUT2D eigenvalue weighted by Gasteiger charge is 2.03. The van der Waals surface area contributed by atoms with Crippen LogP contribution in [0.15, 0.2) is 53.5 Å². The lowest BCUT2D eigenvalue weighted by atomic mass is 9.97. The molecule has 0 aliphatic carbocycles. The van der Waals surface area contributed by atoms with Gasteiger partial charge in [0.2, 0.25) is 0 Å². The van der Waals surface area contributed by atoms with Crippen molar-refractivity contribution in [3.63, 3.8) is 0 Å². The lowest BCUT2D eigenvalue weighted by Crippen LogP contribution is -1.98. The highest BCUT2D eigenvalue weighted by atomic mass is 14.7. The molecule has 0 aromatic heterocycles. The first-order chi connectivity index (χ1) is 10.2. The molecular weight excluding hydrogens is 254 g/mol. The largest absolute Gasteiger partial charge is 0.264 e. The van der Waals surface area contributed by atoms with Crippen LogP contribution in [0.25, 0.3) is 0 Å². The van der Waals surface area contributed by atoms with Crippen LogP contribution in [0.3, 0.4) is 0 Å². The molecule has 1 heteroatoms. The van der Waals surface area contributed by atoms with E-state index >= 15 is 0 Å². The molecule has 0 saturated heterocycles. The molecule has 0 aliphatic heterocycles. The van der Waals surface area contributed by atoms with Crippen molar-refractivity contribution in [3.8, 4) is 0 Å². The topological polar surface area (TPSA) is 12.4 Å². The Morgan fingerprint density at radius 2 is 1.62 bits per heavy atom. The first-order valence-corrected chi connectivity index (χ1v) is 7.85. The fourth-order valence-electron chi connectivity index (χ4n) is 2.54. The molecule has 0 radical (unpaired) electrons. The van der Waals surface area contributed by atoms with E-state index in [1.165, 1.54) is 29.5 Å². The van der Waals surface area contributed by atoms with Crippen LogP contribution in [0.1, 0.15) is 37.0 Å². The predicted molar refractivity (Wildman–Crippen MR) is 92.7 cm³/mol. The summed E-state index contributed by atoms with van der Waals surface area (Å²) in [4.78, 5) is 4.09. The van der Waals surface area contributed by atoms with Crippen LogP contribution in [0.4, 0.5) is 5.69 Å². The molecule has 2 aromatic rings. The summed E-state index contributed by atoms with van der Waals surface area (Å²) in [7, 11) is 0. The smallest absolute Gasteiger partial charge is 0.0654 e. The van der Waals surface area contributed by atoms with Crippen LogP contribution in [-0.2, 0) is 19.3 Å². The van der Waals surface area contributed by atoms with E-state index < -0.39 is 0 Å². The number of hydrogen-bond donors (Lipinski definition) is 0. The van der Waals surface area contributed by atoms with Crippen molar-refractivity contribution in [3.05, 3.63) is 65.2 Å². The SMILES string of the molecule is C=Nc1ccccc1CCc1ccc(CC(C)CC)cc1. The summed E-state index contributed by atoms with van der Waals surface area (Å²) in [6.07, 6.45) is 4.49. The van der Waals surface area contributed by atoms with Gasteiger partial charge >= 0.3 is 0 Å². The van der Waals surface area contributed by atoms with Crippen LogP contribution in [0, 0.1) is 5.92 Å². The lowest BCUT2D eigenvalue weighted by molar-refractivity contribution is 0.560. The van der Waals surface area contributed by atoms with Gasteiger partial charge in [-0.15, -0.1) is 0 Å². The summed E-state index contributed by atoms with van der Waals surface area (Å²) >= 11 is 0. The van der Waals surface area contributed by atoms with Crippen molar-refractivity contribution < 1.29 is 0 Å². The van der Waals surface area contributed by atoms with E-state index in [0.29, 0.717) is 0 Å². The van der Waals surface area contributed by atoms with Gasteiger partial charge in [-0.05, 0) is 54.7 Å². The maximum absolute atomic E-state index is 4.09. The Morgan fingerprint density at radius 3 is 2.29 bits per heavy atom. The van der Waals surface area contributed by atoms with E-state index in [1.807, 2.05) is 12.1 Å². The van der Waals surface area contributed by atoms with Crippen molar-refractivity contribution in [1.29, 1.82) is 0 Å². The number of rotatable bonds is 7. The first-order valence-electron chi connectivity index (χ1n) is 7.85. The summed E-state index contributed by atoms with van der Waals surface area (Å²) in [5, 5.41) is 0. The molecule has 2 aromatic carbocycles. The minimum absolute atomic E-state index is 0.765. The second-order valence-electron chi connectivity index (χ2n) is 5.82. The minimum atomic E-state index is 0.765. The maximum atomic E-state index is 4.09. The van der Waals surface area contributed by atoms with Crippen molar-refractivity contribution in [1.82, 2.24) is 0 Å². The van der Waals surface area contributed by atoms with Crippen LogP contribution in [0.5, 0.6) is 0 Å². The first kappa shape index (κ1) is 15.5. The Bertz CT molecular complexity index is 569. The number of hydrogen-bond acceptors (Lipinski definition) is 1. The van der Waals surface area contributed by atoms with E-state index in [1.54, 1.807) is 0 Å². The average molecular weight is 279 g/mol. The quantitative estimate of drug-likeness (QED) is 0.602. The molecular formula is C20H25N. The molecule has 0 aliphatic rings. The molecule has 110 valence electrons. The molecule has 0 saturated carbocycles. The lowest BCUT2D eigenvalue weighted by Gasteiger charge is -2.09. The number of nitrogens with zero attached hydrogens (tertiary/aromatic N) is 1. The monoisotopic (exact) mass is 279 g/mol. The number of aryl methyl sites for hydroxylation is 2. The summed E-state index contributed by atoms with van der Waals surface area (Å²) in [6.45, 7) is 8.21. The maximum Gasteiger partial charge on any atom is 0.0654 e. The summed E-state index contributed by atoms with van der Waals surface area (Å²) in [5.41, 5.74) is 5.12. The van der Waals surface area contributed by atoms with E-state index in [2.05, 4.69) is 62.0 Å². The van der Waals surface area contributed by atoms with Gasteiger partial charge in [0.1, 0.15) is 0 Å². The fourth-order valence-corrected chi connectivity index (χ4v) is 2.54. The molecule has 0 amide bonds. The molecule has 0 spiro atoms. The van der Waals surface area contributed by atoms with Gasteiger partial charge in [-0.25, -0.2) is 0 Å². The molecule has 21 heavy (non-hydrogen) atoms. The van der Waals surface area contributed by atoms with Crippen molar-refractivity contribution >= 4 is 12.4 Å². The highest BCUT2D eigenvalue weighted by molar-refractivity contribution is 5.51. The Morgan fingerprint density at radius 1 is 0.952 bits per heavy atom. The Labute approximate surface area is 128 Å². The van der Waals surface area contributed by atoms with Gasteiger partial charge in [0, 0.05) is 0 Å². The summed E-state index contributed by atoms with van der Waals surface area (Å²) in [6, 6.07) is 17.3. The third-order valence-electron chi connectivity index (χ3n) is 4.15.